The number of halogens is 4. The van der Waals surface area contributed by atoms with Crippen LogP contribution in [0.25, 0.3) is 0 Å². The van der Waals surface area contributed by atoms with Crippen LogP contribution >= 0.6 is 36.4 Å². The second kappa shape index (κ2) is 11.7. The molecular weight excluding hydrogens is 310 g/mol. The normalized spacial score (nSPS) is 9.95. The van der Waals surface area contributed by atoms with Crippen LogP contribution in [0.1, 0.15) is 19.4 Å². The molecule has 0 aliphatic carbocycles. The summed E-state index contributed by atoms with van der Waals surface area (Å²) in [4.78, 5) is 2.32. The Kier molecular flexibility index (Phi) is 13.1. The smallest absolute Gasteiger partial charge is 0.129 e. The van der Waals surface area contributed by atoms with E-state index in [1.165, 1.54) is 6.07 Å². The lowest BCUT2D eigenvalue weighted by Crippen LogP contribution is -2.31. The number of rotatable bonds is 7. The zero-order chi connectivity index (χ0) is 12.7. The Hall–Kier alpha value is -0.0600. The number of benzene rings is 1. The summed E-state index contributed by atoms with van der Waals surface area (Å²) in [5, 5.41) is 3.70. The summed E-state index contributed by atoms with van der Waals surface area (Å²) in [5.74, 6) is -0.243. The standard InChI is InChI=1S/C13H20ClFN2.2ClH/c1-3-17(4-2)9-8-16-10-11-12(14)6-5-7-13(11)15;;/h5-7,16H,3-4,8-10H2,1-2H3;2*1H. The van der Waals surface area contributed by atoms with Crippen LogP contribution in [0.4, 0.5) is 4.39 Å². The van der Waals surface area contributed by atoms with Crippen molar-refractivity contribution < 1.29 is 4.39 Å². The molecule has 1 N–H and O–H groups in total. The third kappa shape index (κ3) is 7.33. The summed E-state index contributed by atoms with van der Waals surface area (Å²) in [5.41, 5.74) is 0.550. The highest BCUT2D eigenvalue weighted by molar-refractivity contribution is 6.31. The maximum atomic E-state index is 13.4. The van der Waals surface area contributed by atoms with Gasteiger partial charge in [0.15, 0.2) is 0 Å². The van der Waals surface area contributed by atoms with Gasteiger partial charge in [-0.2, -0.15) is 0 Å². The second-order valence-electron chi connectivity index (χ2n) is 3.90. The SMILES string of the molecule is CCN(CC)CCNCc1c(F)cccc1Cl.Cl.Cl. The zero-order valence-electron chi connectivity index (χ0n) is 11.3. The summed E-state index contributed by atoms with van der Waals surface area (Å²) >= 11 is 5.94. The maximum Gasteiger partial charge on any atom is 0.129 e. The van der Waals surface area contributed by atoms with E-state index in [4.69, 9.17) is 11.6 Å². The Morgan fingerprint density at radius 2 is 1.84 bits per heavy atom. The molecule has 0 bridgehead atoms. The molecule has 6 heteroatoms. The minimum Gasteiger partial charge on any atom is -0.311 e. The highest BCUT2D eigenvalue weighted by atomic mass is 35.5. The van der Waals surface area contributed by atoms with Crippen LogP contribution in [0.3, 0.4) is 0 Å². The number of nitrogens with one attached hydrogen (secondary N) is 1. The largest absolute Gasteiger partial charge is 0.311 e. The van der Waals surface area contributed by atoms with Crippen molar-refractivity contribution in [3.63, 3.8) is 0 Å². The van der Waals surface area contributed by atoms with Gasteiger partial charge in [0.25, 0.3) is 0 Å². The average Bonchev–Trinajstić information content (AvgIpc) is 2.32. The maximum absolute atomic E-state index is 13.4. The van der Waals surface area contributed by atoms with E-state index in [1.807, 2.05) is 0 Å². The van der Waals surface area contributed by atoms with Gasteiger partial charge in [-0.1, -0.05) is 31.5 Å². The van der Waals surface area contributed by atoms with E-state index in [-0.39, 0.29) is 30.6 Å². The Labute approximate surface area is 132 Å². The van der Waals surface area contributed by atoms with Crippen molar-refractivity contribution in [3.05, 3.63) is 34.6 Å². The van der Waals surface area contributed by atoms with E-state index < -0.39 is 0 Å². The van der Waals surface area contributed by atoms with Crippen LogP contribution in [0, 0.1) is 5.82 Å². The summed E-state index contributed by atoms with van der Waals surface area (Å²) in [7, 11) is 0. The third-order valence-corrected chi connectivity index (χ3v) is 3.22. The van der Waals surface area contributed by atoms with Crippen molar-refractivity contribution in [1.29, 1.82) is 0 Å². The van der Waals surface area contributed by atoms with Crippen LogP contribution in [0.5, 0.6) is 0 Å². The molecule has 0 aliphatic heterocycles. The molecule has 0 heterocycles. The van der Waals surface area contributed by atoms with Crippen molar-refractivity contribution in [2.75, 3.05) is 26.2 Å². The van der Waals surface area contributed by atoms with Crippen molar-refractivity contribution >= 4 is 36.4 Å². The van der Waals surface area contributed by atoms with Crippen LogP contribution < -0.4 is 5.32 Å². The van der Waals surface area contributed by atoms with E-state index in [0.29, 0.717) is 17.1 Å². The van der Waals surface area contributed by atoms with Gasteiger partial charge < -0.3 is 10.2 Å². The molecule has 0 spiro atoms. The average molecular weight is 332 g/mol. The molecule has 0 aromatic heterocycles. The molecule has 19 heavy (non-hydrogen) atoms. The molecule has 0 amide bonds. The highest BCUT2D eigenvalue weighted by Gasteiger charge is 2.06. The van der Waals surface area contributed by atoms with Gasteiger partial charge in [-0.3, -0.25) is 0 Å². The van der Waals surface area contributed by atoms with E-state index in [1.54, 1.807) is 12.1 Å². The van der Waals surface area contributed by atoms with Gasteiger partial charge >= 0.3 is 0 Å². The first-order chi connectivity index (χ1) is 8.19. The van der Waals surface area contributed by atoms with E-state index in [0.717, 1.165) is 26.2 Å². The number of hydrogen-bond donors (Lipinski definition) is 1. The van der Waals surface area contributed by atoms with Gasteiger partial charge in [0, 0.05) is 30.2 Å². The lowest BCUT2D eigenvalue weighted by atomic mass is 10.2. The molecule has 0 saturated heterocycles. The van der Waals surface area contributed by atoms with Crippen molar-refractivity contribution in [1.82, 2.24) is 10.2 Å². The minimum atomic E-state index is -0.243. The highest BCUT2D eigenvalue weighted by Crippen LogP contribution is 2.18. The number of likely N-dealkylation sites (N-methyl/N-ethyl adjacent to an activating group) is 1. The van der Waals surface area contributed by atoms with Gasteiger partial charge in [-0.25, -0.2) is 4.39 Å². The lowest BCUT2D eigenvalue weighted by Gasteiger charge is -2.18. The van der Waals surface area contributed by atoms with E-state index in [2.05, 4.69) is 24.1 Å². The molecular formula is C13H22Cl3FN2. The topological polar surface area (TPSA) is 15.3 Å². The van der Waals surface area contributed by atoms with E-state index in [9.17, 15) is 4.39 Å². The van der Waals surface area contributed by atoms with Crippen molar-refractivity contribution in [2.45, 2.75) is 20.4 Å². The third-order valence-electron chi connectivity index (χ3n) is 2.86. The monoisotopic (exact) mass is 330 g/mol. The first-order valence-corrected chi connectivity index (χ1v) is 6.42. The predicted octanol–water partition coefficient (Wildman–Crippen LogP) is 3.75. The van der Waals surface area contributed by atoms with Crippen LogP contribution in [0.2, 0.25) is 5.02 Å². The summed E-state index contributed by atoms with van der Waals surface area (Å²) < 4.78 is 13.4. The minimum absolute atomic E-state index is 0. The quantitative estimate of drug-likeness (QED) is 0.765. The first kappa shape index (κ1) is 21.2. The molecule has 0 unspecified atom stereocenters. The summed E-state index contributed by atoms with van der Waals surface area (Å²) in [6.07, 6.45) is 0. The zero-order valence-corrected chi connectivity index (χ0v) is 13.7. The van der Waals surface area contributed by atoms with Gasteiger partial charge in [0.05, 0.1) is 0 Å². The summed E-state index contributed by atoms with van der Waals surface area (Å²) in [6.45, 7) is 8.64. The molecule has 2 nitrogen and oxygen atoms in total. The van der Waals surface area contributed by atoms with Crippen LogP contribution in [0.15, 0.2) is 18.2 Å². The fourth-order valence-electron chi connectivity index (χ4n) is 1.69. The molecule has 0 atom stereocenters. The predicted molar refractivity (Wildman–Crippen MR) is 85.4 cm³/mol. The fourth-order valence-corrected chi connectivity index (χ4v) is 1.92. The molecule has 1 aromatic rings. The molecule has 1 aromatic carbocycles. The van der Waals surface area contributed by atoms with Crippen molar-refractivity contribution in [3.8, 4) is 0 Å². The molecule has 0 aliphatic rings. The Morgan fingerprint density at radius 1 is 1.21 bits per heavy atom. The van der Waals surface area contributed by atoms with Crippen LogP contribution in [-0.2, 0) is 6.54 Å². The summed E-state index contributed by atoms with van der Waals surface area (Å²) in [6, 6.07) is 4.77. The lowest BCUT2D eigenvalue weighted by molar-refractivity contribution is 0.302. The Bertz CT molecular complexity index is 326. The molecule has 0 fully saturated rings. The fraction of sp³-hybridized carbons (Fsp3) is 0.538. The number of hydrogen-bond acceptors (Lipinski definition) is 2. The Balaban J connectivity index is 0. The molecule has 0 radical (unpaired) electrons. The molecule has 0 saturated carbocycles. The van der Waals surface area contributed by atoms with Gasteiger partial charge in [-0.15, -0.1) is 24.8 Å². The number of nitrogens with zero attached hydrogens (tertiary/aromatic N) is 1. The van der Waals surface area contributed by atoms with Gasteiger partial charge in [-0.05, 0) is 25.2 Å². The molecule has 1 rings (SSSR count). The first-order valence-electron chi connectivity index (χ1n) is 6.05. The molecule has 112 valence electrons. The second-order valence-corrected chi connectivity index (χ2v) is 4.31. The van der Waals surface area contributed by atoms with Gasteiger partial charge in [0.2, 0.25) is 0 Å². The van der Waals surface area contributed by atoms with Crippen molar-refractivity contribution in [2.24, 2.45) is 0 Å². The Morgan fingerprint density at radius 3 is 2.37 bits per heavy atom. The van der Waals surface area contributed by atoms with E-state index >= 15 is 0 Å². The van der Waals surface area contributed by atoms with Gasteiger partial charge in [0.1, 0.15) is 5.82 Å². The van der Waals surface area contributed by atoms with Crippen LogP contribution in [-0.4, -0.2) is 31.1 Å².